The average Bonchev–Trinajstić information content (AvgIpc) is 2.80. The standard InChI is InChI=1S/C14H13N3O3S/c15-11-7-3-1-2-4-9(7)21-12(11)14(20)16-8-5-6-10(18)17-13(8)19/h1-4,8H,5-6,15H2,(H,16,20)(H,17,18,19). The fraction of sp³-hybridized carbons (Fsp3) is 0.214. The lowest BCUT2D eigenvalue weighted by molar-refractivity contribution is -0.134. The predicted molar refractivity (Wildman–Crippen MR) is 79.9 cm³/mol. The van der Waals surface area contributed by atoms with E-state index in [-0.39, 0.29) is 18.2 Å². The lowest BCUT2D eigenvalue weighted by Gasteiger charge is -2.21. The van der Waals surface area contributed by atoms with Gasteiger partial charge in [0.2, 0.25) is 11.8 Å². The van der Waals surface area contributed by atoms with E-state index in [0.29, 0.717) is 17.0 Å². The van der Waals surface area contributed by atoms with Crippen LogP contribution in [-0.4, -0.2) is 23.8 Å². The molecule has 1 unspecified atom stereocenters. The summed E-state index contributed by atoms with van der Waals surface area (Å²) in [7, 11) is 0. The molecule has 0 bridgehead atoms. The van der Waals surface area contributed by atoms with Crippen LogP contribution in [0.4, 0.5) is 5.69 Å². The molecule has 6 nitrogen and oxygen atoms in total. The van der Waals surface area contributed by atoms with Crippen LogP contribution in [0.3, 0.4) is 0 Å². The molecule has 21 heavy (non-hydrogen) atoms. The molecule has 0 saturated carbocycles. The first-order valence-corrected chi connectivity index (χ1v) is 7.29. The average molecular weight is 303 g/mol. The summed E-state index contributed by atoms with van der Waals surface area (Å²) in [4.78, 5) is 35.4. The number of hydrogen-bond donors (Lipinski definition) is 3. The Morgan fingerprint density at radius 2 is 2.10 bits per heavy atom. The Balaban J connectivity index is 1.82. The first kappa shape index (κ1) is 13.6. The van der Waals surface area contributed by atoms with E-state index in [1.54, 1.807) is 0 Å². The molecule has 1 aliphatic heterocycles. The van der Waals surface area contributed by atoms with Gasteiger partial charge in [0.15, 0.2) is 0 Å². The lowest BCUT2D eigenvalue weighted by atomic mass is 10.1. The number of nitrogens with two attached hydrogens (primary N) is 1. The third-order valence-electron chi connectivity index (χ3n) is 3.38. The Morgan fingerprint density at radius 1 is 1.33 bits per heavy atom. The van der Waals surface area contributed by atoms with Crippen LogP contribution in [0.25, 0.3) is 10.1 Å². The number of benzene rings is 1. The molecule has 1 fully saturated rings. The van der Waals surface area contributed by atoms with Crippen molar-refractivity contribution in [3.05, 3.63) is 29.1 Å². The zero-order chi connectivity index (χ0) is 15.0. The maximum atomic E-state index is 12.3. The Labute approximate surface area is 124 Å². The number of anilines is 1. The number of carbonyl (C=O) groups excluding carboxylic acids is 3. The summed E-state index contributed by atoms with van der Waals surface area (Å²) in [5.74, 6) is -1.17. The number of imide groups is 1. The Kier molecular flexibility index (Phi) is 3.34. The number of piperidine rings is 1. The molecule has 2 aromatic rings. The number of thiophene rings is 1. The number of nitrogen functional groups attached to an aromatic ring is 1. The van der Waals surface area contributed by atoms with E-state index < -0.39 is 11.9 Å². The van der Waals surface area contributed by atoms with Crippen LogP contribution in [0, 0.1) is 0 Å². The van der Waals surface area contributed by atoms with E-state index in [1.165, 1.54) is 11.3 Å². The highest BCUT2D eigenvalue weighted by Gasteiger charge is 2.29. The van der Waals surface area contributed by atoms with Gasteiger partial charge in [-0.3, -0.25) is 19.7 Å². The summed E-state index contributed by atoms with van der Waals surface area (Å²) in [6, 6.07) is 6.77. The minimum absolute atomic E-state index is 0.221. The highest BCUT2D eigenvalue weighted by Crippen LogP contribution is 2.33. The van der Waals surface area contributed by atoms with Crippen molar-refractivity contribution in [2.24, 2.45) is 0 Å². The van der Waals surface area contributed by atoms with Crippen LogP contribution >= 0.6 is 11.3 Å². The van der Waals surface area contributed by atoms with Gasteiger partial charge in [-0.1, -0.05) is 18.2 Å². The molecule has 108 valence electrons. The van der Waals surface area contributed by atoms with E-state index in [2.05, 4.69) is 10.6 Å². The van der Waals surface area contributed by atoms with E-state index >= 15 is 0 Å². The second-order valence-electron chi connectivity index (χ2n) is 4.82. The molecule has 3 amide bonds. The topological polar surface area (TPSA) is 101 Å². The molecule has 4 N–H and O–H groups in total. The first-order chi connectivity index (χ1) is 10.1. The predicted octanol–water partition coefficient (Wildman–Crippen LogP) is 1.02. The van der Waals surface area contributed by atoms with Gasteiger partial charge < -0.3 is 11.1 Å². The molecule has 1 aromatic carbocycles. The van der Waals surface area contributed by atoms with Crippen molar-refractivity contribution in [3.63, 3.8) is 0 Å². The Bertz CT molecular complexity index is 753. The van der Waals surface area contributed by atoms with Gasteiger partial charge in [-0.25, -0.2) is 0 Å². The van der Waals surface area contributed by atoms with Crippen molar-refractivity contribution in [3.8, 4) is 0 Å². The number of nitrogens with one attached hydrogen (secondary N) is 2. The molecule has 0 radical (unpaired) electrons. The highest BCUT2D eigenvalue weighted by molar-refractivity contribution is 7.21. The van der Waals surface area contributed by atoms with Crippen LogP contribution in [-0.2, 0) is 9.59 Å². The van der Waals surface area contributed by atoms with E-state index in [4.69, 9.17) is 5.73 Å². The van der Waals surface area contributed by atoms with Gasteiger partial charge in [-0.2, -0.15) is 0 Å². The van der Waals surface area contributed by atoms with Crippen molar-refractivity contribution < 1.29 is 14.4 Å². The summed E-state index contributed by atoms with van der Waals surface area (Å²) < 4.78 is 0.920. The monoisotopic (exact) mass is 303 g/mol. The molecule has 1 aromatic heterocycles. The minimum atomic E-state index is -0.695. The minimum Gasteiger partial charge on any atom is -0.397 e. The number of hydrogen-bond acceptors (Lipinski definition) is 5. The molecular weight excluding hydrogens is 290 g/mol. The summed E-state index contributed by atoms with van der Waals surface area (Å²) in [6.45, 7) is 0. The summed E-state index contributed by atoms with van der Waals surface area (Å²) in [5, 5.41) is 5.67. The molecule has 0 aliphatic carbocycles. The molecule has 0 spiro atoms. The van der Waals surface area contributed by atoms with Crippen molar-refractivity contribution in [1.82, 2.24) is 10.6 Å². The normalized spacial score (nSPS) is 18.6. The number of amides is 3. The zero-order valence-corrected chi connectivity index (χ0v) is 11.8. The summed E-state index contributed by atoms with van der Waals surface area (Å²) >= 11 is 1.29. The second kappa shape index (κ2) is 5.17. The molecule has 3 rings (SSSR count). The number of carbonyl (C=O) groups is 3. The second-order valence-corrected chi connectivity index (χ2v) is 5.87. The quantitative estimate of drug-likeness (QED) is 0.721. The van der Waals surface area contributed by atoms with Crippen LogP contribution in [0.15, 0.2) is 24.3 Å². The van der Waals surface area contributed by atoms with E-state index in [0.717, 1.165) is 10.1 Å². The van der Waals surface area contributed by atoms with Crippen molar-refractivity contribution in [1.29, 1.82) is 0 Å². The zero-order valence-electron chi connectivity index (χ0n) is 11.0. The third-order valence-corrected chi connectivity index (χ3v) is 4.57. The maximum Gasteiger partial charge on any atom is 0.264 e. The maximum absolute atomic E-state index is 12.3. The summed E-state index contributed by atoms with van der Waals surface area (Å²) in [5.41, 5.74) is 6.41. The van der Waals surface area contributed by atoms with Crippen LogP contribution in [0.5, 0.6) is 0 Å². The first-order valence-electron chi connectivity index (χ1n) is 6.48. The van der Waals surface area contributed by atoms with Crippen molar-refractivity contribution in [2.75, 3.05) is 5.73 Å². The summed E-state index contributed by atoms with van der Waals surface area (Å²) in [6.07, 6.45) is 0.528. The molecule has 1 atom stereocenters. The molecule has 1 saturated heterocycles. The SMILES string of the molecule is Nc1c(C(=O)NC2CCC(=O)NC2=O)sc2ccccc12. The van der Waals surface area contributed by atoms with Gasteiger partial charge in [-0.15, -0.1) is 11.3 Å². The lowest BCUT2D eigenvalue weighted by Crippen LogP contribution is -2.52. The van der Waals surface area contributed by atoms with Gasteiger partial charge >= 0.3 is 0 Å². The van der Waals surface area contributed by atoms with Gasteiger partial charge in [-0.05, 0) is 12.5 Å². The molecular formula is C14H13N3O3S. The smallest absolute Gasteiger partial charge is 0.264 e. The van der Waals surface area contributed by atoms with E-state index in [9.17, 15) is 14.4 Å². The molecule has 7 heteroatoms. The molecule has 2 heterocycles. The Morgan fingerprint density at radius 3 is 2.81 bits per heavy atom. The van der Waals surface area contributed by atoms with Gasteiger partial charge in [0, 0.05) is 16.5 Å². The fourth-order valence-corrected chi connectivity index (χ4v) is 3.32. The van der Waals surface area contributed by atoms with Crippen molar-refractivity contribution >= 4 is 44.8 Å². The van der Waals surface area contributed by atoms with Crippen molar-refractivity contribution in [2.45, 2.75) is 18.9 Å². The number of fused-ring (bicyclic) bond motifs is 1. The third kappa shape index (κ3) is 2.47. The number of rotatable bonds is 2. The highest BCUT2D eigenvalue weighted by atomic mass is 32.1. The Hall–Kier alpha value is -2.41. The van der Waals surface area contributed by atoms with Gasteiger partial charge in [0.05, 0.1) is 5.69 Å². The molecule has 1 aliphatic rings. The fourth-order valence-electron chi connectivity index (χ4n) is 2.29. The van der Waals surface area contributed by atoms with Gasteiger partial charge in [0.1, 0.15) is 10.9 Å². The van der Waals surface area contributed by atoms with Crippen LogP contribution in [0.2, 0.25) is 0 Å². The largest absolute Gasteiger partial charge is 0.397 e. The van der Waals surface area contributed by atoms with E-state index in [1.807, 2.05) is 24.3 Å². The van der Waals surface area contributed by atoms with Gasteiger partial charge in [0.25, 0.3) is 5.91 Å². The van der Waals surface area contributed by atoms with Crippen LogP contribution < -0.4 is 16.4 Å². The van der Waals surface area contributed by atoms with Crippen LogP contribution in [0.1, 0.15) is 22.5 Å².